The summed E-state index contributed by atoms with van der Waals surface area (Å²) < 4.78 is 0. The van der Waals surface area contributed by atoms with E-state index in [2.05, 4.69) is 37.1 Å². The molecule has 0 radical (unpaired) electrons. The SMILES string of the molecule is C=C/C(C)=C(\C=C)N(C)c1ccccc1C.CC. The summed E-state index contributed by atoms with van der Waals surface area (Å²) >= 11 is 0. The summed E-state index contributed by atoms with van der Waals surface area (Å²) in [6.45, 7) is 15.8. The summed E-state index contributed by atoms with van der Waals surface area (Å²) in [7, 11) is 2.05. The Labute approximate surface area is 112 Å². The van der Waals surface area contributed by atoms with Crippen LogP contribution in [0.15, 0.2) is 60.8 Å². The van der Waals surface area contributed by atoms with Gasteiger partial charge in [0.15, 0.2) is 0 Å². The van der Waals surface area contributed by atoms with Gasteiger partial charge in [0.25, 0.3) is 0 Å². The minimum absolute atomic E-state index is 1.09. The molecule has 0 saturated heterocycles. The van der Waals surface area contributed by atoms with Gasteiger partial charge in [-0.3, -0.25) is 0 Å². The summed E-state index contributed by atoms with van der Waals surface area (Å²) in [6, 6.07) is 8.30. The Bertz CT molecular complexity index is 427. The Hall–Kier alpha value is -1.76. The third-order valence-electron chi connectivity index (χ3n) is 2.74. The zero-order valence-corrected chi connectivity index (χ0v) is 12.3. The minimum Gasteiger partial charge on any atom is -0.344 e. The van der Waals surface area contributed by atoms with Crippen LogP contribution < -0.4 is 4.90 Å². The first-order valence-corrected chi connectivity index (χ1v) is 6.37. The molecular formula is C17H25N. The molecule has 98 valence electrons. The highest BCUT2D eigenvalue weighted by Gasteiger charge is 2.07. The molecule has 1 aromatic carbocycles. The van der Waals surface area contributed by atoms with E-state index in [1.807, 2.05) is 52.1 Å². The van der Waals surface area contributed by atoms with E-state index in [-0.39, 0.29) is 0 Å². The van der Waals surface area contributed by atoms with Crippen molar-refractivity contribution in [1.29, 1.82) is 0 Å². The van der Waals surface area contributed by atoms with E-state index in [4.69, 9.17) is 0 Å². The van der Waals surface area contributed by atoms with E-state index < -0.39 is 0 Å². The van der Waals surface area contributed by atoms with Gasteiger partial charge in [0.1, 0.15) is 0 Å². The highest BCUT2D eigenvalue weighted by atomic mass is 15.1. The van der Waals surface area contributed by atoms with Crippen LogP contribution in [0.1, 0.15) is 26.3 Å². The zero-order valence-electron chi connectivity index (χ0n) is 12.3. The molecule has 1 heteroatoms. The first-order valence-electron chi connectivity index (χ1n) is 6.37. The fraction of sp³-hybridized carbons (Fsp3) is 0.294. The predicted octanol–water partition coefficient (Wildman–Crippen LogP) is 5.10. The Balaban J connectivity index is 0.00000137. The molecule has 0 bridgehead atoms. The molecule has 0 N–H and O–H groups in total. The summed E-state index contributed by atoms with van der Waals surface area (Å²) in [5.41, 5.74) is 4.66. The first kappa shape index (κ1) is 16.2. The Kier molecular flexibility index (Phi) is 7.53. The quantitative estimate of drug-likeness (QED) is 0.665. The van der Waals surface area contributed by atoms with Crippen molar-refractivity contribution in [2.24, 2.45) is 0 Å². The van der Waals surface area contributed by atoms with Crippen molar-refractivity contribution in [3.05, 3.63) is 66.4 Å². The van der Waals surface area contributed by atoms with Crippen molar-refractivity contribution >= 4 is 5.69 Å². The topological polar surface area (TPSA) is 3.24 Å². The number of para-hydroxylation sites is 1. The van der Waals surface area contributed by atoms with Crippen LogP contribution in [0.4, 0.5) is 5.69 Å². The number of allylic oxidation sites excluding steroid dienone is 3. The van der Waals surface area contributed by atoms with Gasteiger partial charge in [-0.2, -0.15) is 0 Å². The number of hydrogen-bond donors (Lipinski definition) is 0. The highest BCUT2D eigenvalue weighted by Crippen LogP contribution is 2.23. The second kappa shape index (κ2) is 8.35. The van der Waals surface area contributed by atoms with E-state index in [0.29, 0.717) is 0 Å². The van der Waals surface area contributed by atoms with Crippen LogP contribution in [-0.2, 0) is 0 Å². The molecule has 0 heterocycles. The van der Waals surface area contributed by atoms with Gasteiger partial charge in [-0.1, -0.05) is 51.3 Å². The molecule has 1 nitrogen and oxygen atoms in total. The van der Waals surface area contributed by atoms with E-state index in [1.165, 1.54) is 11.3 Å². The Morgan fingerprint density at radius 2 is 1.67 bits per heavy atom. The number of anilines is 1. The normalized spacial score (nSPS) is 10.7. The van der Waals surface area contributed by atoms with Crippen molar-refractivity contribution in [1.82, 2.24) is 0 Å². The summed E-state index contributed by atoms with van der Waals surface area (Å²) in [4.78, 5) is 2.14. The molecule has 0 saturated carbocycles. The Morgan fingerprint density at radius 3 is 2.11 bits per heavy atom. The molecular weight excluding hydrogens is 218 g/mol. The van der Waals surface area contributed by atoms with E-state index in [1.54, 1.807) is 0 Å². The van der Waals surface area contributed by atoms with Crippen LogP contribution in [0.25, 0.3) is 0 Å². The van der Waals surface area contributed by atoms with Crippen molar-refractivity contribution in [3.63, 3.8) is 0 Å². The molecule has 0 unspecified atom stereocenters. The average molecular weight is 243 g/mol. The van der Waals surface area contributed by atoms with Crippen molar-refractivity contribution < 1.29 is 0 Å². The van der Waals surface area contributed by atoms with Gasteiger partial charge in [-0.25, -0.2) is 0 Å². The average Bonchev–Trinajstić information content (AvgIpc) is 2.42. The number of benzene rings is 1. The molecule has 0 aliphatic carbocycles. The van der Waals surface area contributed by atoms with Crippen molar-refractivity contribution in [2.75, 3.05) is 11.9 Å². The molecule has 0 aliphatic rings. The van der Waals surface area contributed by atoms with Gasteiger partial charge >= 0.3 is 0 Å². The summed E-state index contributed by atoms with van der Waals surface area (Å²) in [6.07, 6.45) is 3.72. The smallest absolute Gasteiger partial charge is 0.0437 e. The van der Waals surface area contributed by atoms with Crippen molar-refractivity contribution in [3.8, 4) is 0 Å². The van der Waals surface area contributed by atoms with Gasteiger partial charge in [0.05, 0.1) is 0 Å². The van der Waals surface area contributed by atoms with Gasteiger partial charge in [-0.15, -0.1) is 0 Å². The van der Waals surface area contributed by atoms with Crippen LogP contribution in [0.2, 0.25) is 0 Å². The first-order chi connectivity index (χ1) is 8.61. The van der Waals surface area contributed by atoms with Crippen LogP contribution in [0.3, 0.4) is 0 Å². The highest BCUT2D eigenvalue weighted by molar-refractivity contribution is 5.59. The second-order valence-corrected chi connectivity index (χ2v) is 3.82. The largest absolute Gasteiger partial charge is 0.344 e. The maximum atomic E-state index is 3.86. The molecule has 0 spiro atoms. The maximum Gasteiger partial charge on any atom is 0.0437 e. The predicted molar refractivity (Wildman–Crippen MR) is 84.0 cm³/mol. The molecule has 0 amide bonds. The number of rotatable bonds is 4. The third-order valence-corrected chi connectivity index (χ3v) is 2.74. The second-order valence-electron chi connectivity index (χ2n) is 3.82. The lowest BCUT2D eigenvalue weighted by Crippen LogP contribution is -2.17. The fourth-order valence-electron chi connectivity index (χ4n) is 1.74. The van der Waals surface area contributed by atoms with Crippen LogP contribution in [0, 0.1) is 6.92 Å². The van der Waals surface area contributed by atoms with Gasteiger partial charge in [0.2, 0.25) is 0 Å². The van der Waals surface area contributed by atoms with E-state index >= 15 is 0 Å². The summed E-state index contributed by atoms with van der Waals surface area (Å²) in [5.74, 6) is 0. The van der Waals surface area contributed by atoms with Crippen molar-refractivity contribution in [2.45, 2.75) is 27.7 Å². The molecule has 1 rings (SSSR count). The standard InChI is InChI=1S/C15H19N.C2H6/c1-6-12(3)14(7-2)16(5)15-11-9-8-10-13(15)4;1-2/h6-11H,1-2H2,3-5H3;1-2H3/b14-12+;. The van der Waals surface area contributed by atoms with Crippen LogP contribution >= 0.6 is 0 Å². The zero-order chi connectivity index (χ0) is 14.1. The molecule has 1 aromatic rings. The van der Waals surface area contributed by atoms with E-state index in [0.717, 1.165) is 11.3 Å². The lowest BCUT2D eigenvalue weighted by atomic mass is 10.1. The number of likely N-dealkylation sites (N-methyl/N-ethyl adjacent to an activating group) is 1. The fourth-order valence-corrected chi connectivity index (χ4v) is 1.74. The lowest BCUT2D eigenvalue weighted by Gasteiger charge is -2.23. The molecule has 0 aliphatic heterocycles. The van der Waals surface area contributed by atoms with Crippen LogP contribution in [-0.4, -0.2) is 7.05 Å². The van der Waals surface area contributed by atoms with Gasteiger partial charge in [-0.05, 0) is 37.1 Å². The maximum absolute atomic E-state index is 3.86. The lowest BCUT2D eigenvalue weighted by molar-refractivity contribution is 1.10. The molecule has 0 aromatic heterocycles. The Morgan fingerprint density at radius 1 is 1.11 bits per heavy atom. The number of nitrogens with zero attached hydrogens (tertiary/aromatic N) is 1. The minimum atomic E-state index is 1.09. The number of hydrogen-bond acceptors (Lipinski definition) is 1. The molecule has 18 heavy (non-hydrogen) atoms. The molecule has 0 atom stereocenters. The molecule has 0 fully saturated rings. The number of aryl methyl sites for hydroxylation is 1. The monoisotopic (exact) mass is 243 g/mol. The third kappa shape index (κ3) is 3.92. The van der Waals surface area contributed by atoms with Gasteiger partial charge in [0, 0.05) is 18.4 Å². The van der Waals surface area contributed by atoms with Gasteiger partial charge < -0.3 is 4.90 Å². The van der Waals surface area contributed by atoms with E-state index in [9.17, 15) is 0 Å². The van der Waals surface area contributed by atoms with Crippen LogP contribution in [0.5, 0.6) is 0 Å². The summed E-state index contributed by atoms with van der Waals surface area (Å²) in [5, 5.41) is 0.